The van der Waals surface area contributed by atoms with Gasteiger partial charge in [0.15, 0.2) is 5.82 Å². The lowest BCUT2D eigenvalue weighted by atomic mass is 9.87. The Labute approximate surface area is 135 Å². The number of nitrogens with two attached hydrogens (primary N) is 1. The molecule has 0 saturated carbocycles. The second kappa shape index (κ2) is 7.06. The third-order valence-electron chi connectivity index (χ3n) is 3.43. The molecule has 1 aromatic heterocycles. The van der Waals surface area contributed by atoms with E-state index in [1.165, 1.54) is 12.1 Å². The van der Waals surface area contributed by atoms with Gasteiger partial charge in [-0.3, -0.25) is 0 Å². The molecule has 7 heteroatoms. The number of aliphatic hydroxyl groups is 1. The Morgan fingerprint density at radius 3 is 2.74 bits per heavy atom. The summed E-state index contributed by atoms with van der Waals surface area (Å²) in [6, 6.07) is 5.55. The molecule has 0 aliphatic rings. The molecule has 2 aromatic rings. The van der Waals surface area contributed by atoms with Crippen LogP contribution in [0.5, 0.6) is 5.75 Å². The molecule has 126 valence electrons. The number of aromatic nitrogens is 3. The van der Waals surface area contributed by atoms with Crippen LogP contribution in [0, 0.1) is 11.2 Å². The summed E-state index contributed by atoms with van der Waals surface area (Å²) in [4.78, 5) is 4.43. The van der Waals surface area contributed by atoms with Crippen LogP contribution in [0.1, 0.15) is 38.5 Å². The molecule has 0 saturated heterocycles. The van der Waals surface area contributed by atoms with Crippen LogP contribution in [0.3, 0.4) is 0 Å². The molecular weight excluding hydrogens is 299 g/mol. The van der Waals surface area contributed by atoms with Gasteiger partial charge in [0, 0.05) is 6.07 Å². The molecule has 0 spiro atoms. The third kappa shape index (κ3) is 4.49. The predicted molar refractivity (Wildman–Crippen MR) is 84.2 cm³/mol. The van der Waals surface area contributed by atoms with Crippen LogP contribution in [-0.4, -0.2) is 26.5 Å². The zero-order chi connectivity index (χ0) is 17.0. The van der Waals surface area contributed by atoms with E-state index in [2.05, 4.69) is 10.1 Å². The molecule has 23 heavy (non-hydrogen) atoms. The van der Waals surface area contributed by atoms with Gasteiger partial charge in [0.25, 0.3) is 0 Å². The van der Waals surface area contributed by atoms with E-state index in [-0.39, 0.29) is 30.5 Å². The number of benzene rings is 1. The number of ether oxygens (including phenoxy) is 1. The standard InChI is InChI=1S/C16H23FN4O2/c1-16(2,3)14(18)15-19-13(20-21(15)7-8-22)10-23-12-6-4-5-11(17)9-12/h4-6,9,14,22H,7-8,10,18H2,1-3H3/t14-/m1/s1. The quantitative estimate of drug-likeness (QED) is 0.850. The summed E-state index contributed by atoms with van der Waals surface area (Å²) in [6.07, 6.45) is 0. The van der Waals surface area contributed by atoms with Crippen molar-refractivity contribution in [2.24, 2.45) is 11.1 Å². The summed E-state index contributed by atoms with van der Waals surface area (Å²) < 4.78 is 20.2. The summed E-state index contributed by atoms with van der Waals surface area (Å²) in [5, 5.41) is 13.5. The molecular formula is C16H23FN4O2. The number of aliphatic hydroxyl groups excluding tert-OH is 1. The maximum absolute atomic E-state index is 13.1. The van der Waals surface area contributed by atoms with Gasteiger partial charge in [-0.2, -0.15) is 5.10 Å². The highest BCUT2D eigenvalue weighted by atomic mass is 19.1. The third-order valence-corrected chi connectivity index (χ3v) is 3.43. The molecule has 2 rings (SSSR count). The Balaban J connectivity index is 2.16. The van der Waals surface area contributed by atoms with E-state index in [9.17, 15) is 9.50 Å². The van der Waals surface area contributed by atoms with Crippen molar-refractivity contribution in [1.82, 2.24) is 14.8 Å². The average molecular weight is 322 g/mol. The summed E-state index contributed by atoms with van der Waals surface area (Å²) in [5.41, 5.74) is 6.05. The first kappa shape index (κ1) is 17.4. The van der Waals surface area contributed by atoms with Crippen molar-refractivity contribution in [3.05, 3.63) is 41.7 Å². The summed E-state index contributed by atoms with van der Waals surface area (Å²) in [6.45, 7) is 6.39. The zero-order valence-corrected chi connectivity index (χ0v) is 13.7. The summed E-state index contributed by atoms with van der Waals surface area (Å²) in [5.74, 6) is 1.09. The fraction of sp³-hybridized carbons (Fsp3) is 0.500. The first-order valence-electron chi connectivity index (χ1n) is 7.49. The smallest absolute Gasteiger partial charge is 0.188 e. The first-order valence-corrected chi connectivity index (χ1v) is 7.49. The predicted octanol–water partition coefficient (Wildman–Crippen LogP) is 2.03. The van der Waals surface area contributed by atoms with Gasteiger partial charge in [-0.05, 0) is 17.5 Å². The van der Waals surface area contributed by atoms with Gasteiger partial charge >= 0.3 is 0 Å². The van der Waals surface area contributed by atoms with E-state index in [1.807, 2.05) is 20.8 Å². The van der Waals surface area contributed by atoms with Gasteiger partial charge in [-0.1, -0.05) is 26.8 Å². The fourth-order valence-corrected chi connectivity index (χ4v) is 2.05. The fourth-order valence-electron chi connectivity index (χ4n) is 2.05. The molecule has 0 aliphatic heterocycles. The Bertz CT molecular complexity index is 652. The van der Waals surface area contributed by atoms with Crippen LogP contribution in [0.15, 0.2) is 24.3 Å². The van der Waals surface area contributed by atoms with Crippen LogP contribution in [0.2, 0.25) is 0 Å². The molecule has 0 bridgehead atoms. The minimum absolute atomic E-state index is 0.0581. The molecule has 3 N–H and O–H groups in total. The zero-order valence-electron chi connectivity index (χ0n) is 13.7. The summed E-state index contributed by atoms with van der Waals surface area (Å²) >= 11 is 0. The van der Waals surface area contributed by atoms with E-state index in [4.69, 9.17) is 10.5 Å². The lowest BCUT2D eigenvalue weighted by Gasteiger charge is -2.26. The lowest BCUT2D eigenvalue weighted by Crippen LogP contribution is -2.30. The van der Waals surface area contributed by atoms with Crippen LogP contribution in [-0.2, 0) is 13.2 Å². The number of hydrogen-bond donors (Lipinski definition) is 2. The van der Waals surface area contributed by atoms with Crippen LogP contribution in [0.25, 0.3) is 0 Å². The van der Waals surface area contributed by atoms with Gasteiger partial charge in [0.05, 0.1) is 19.2 Å². The SMILES string of the molecule is CC(C)(C)[C@H](N)c1nc(COc2cccc(F)c2)nn1CCO. The number of halogens is 1. The Morgan fingerprint density at radius 2 is 2.13 bits per heavy atom. The van der Waals surface area contributed by atoms with E-state index in [0.29, 0.717) is 23.9 Å². The average Bonchev–Trinajstić information content (AvgIpc) is 2.87. The van der Waals surface area contributed by atoms with Crippen molar-refractivity contribution in [2.45, 2.75) is 40.0 Å². The molecule has 1 atom stereocenters. The molecule has 0 radical (unpaired) electrons. The molecule has 0 fully saturated rings. The molecule has 1 aromatic carbocycles. The van der Waals surface area contributed by atoms with Crippen LogP contribution >= 0.6 is 0 Å². The van der Waals surface area contributed by atoms with Crippen LogP contribution in [0.4, 0.5) is 4.39 Å². The van der Waals surface area contributed by atoms with E-state index in [0.717, 1.165) is 0 Å². The maximum atomic E-state index is 13.1. The largest absolute Gasteiger partial charge is 0.485 e. The maximum Gasteiger partial charge on any atom is 0.188 e. The molecule has 0 unspecified atom stereocenters. The van der Waals surface area contributed by atoms with Crippen molar-refractivity contribution in [3.63, 3.8) is 0 Å². The van der Waals surface area contributed by atoms with Gasteiger partial charge < -0.3 is 15.6 Å². The Kier molecular flexibility index (Phi) is 5.33. The summed E-state index contributed by atoms with van der Waals surface area (Å²) in [7, 11) is 0. The minimum atomic E-state index is -0.364. The minimum Gasteiger partial charge on any atom is -0.485 e. The highest BCUT2D eigenvalue weighted by Crippen LogP contribution is 2.29. The Morgan fingerprint density at radius 1 is 1.39 bits per heavy atom. The number of rotatable bonds is 6. The molecule has 6 nitrogen and oxygen atoms in total. The second-order valence-corrected chi connectivity index (χ2v) is 6.42. The van der Waals surface area contributed by atoms with E-state index >= 15 is 0 Å². The van der Waals surface area contributed by atoms with Crippen molar-refractivity contribution in [3.8, 4) is 5.75 Å². The normalized spacial score (nSPS) is 13.1. The van der Waals surface area contributed by atoms with Crippen molar-refractivity contribution in [2.75, 3.05) is 6.61 Å². The van der Waals surface area contributed by atoms with Crippen LogP contribution < -0.4 is 10.5 Å². The van der Waals surface area contributed by atoms with Gasteiger partial charge in [0.1, 0.15) is 24.0 Å². The number of hydrogen-bond acceptors (Lipinski definition) is 5. The highest BCUT2D eigenvalue weighted by molar-refractivity contribution is 5.22. The van der Waals surface area contributed by atoms with Gasteiger partial charge in [0.2, 0.25) is 0 Å². The van der Waals surface area contributed by atoms with E-state index < -0.39 is 0 Å². The number of nitrogens with zero attached hydrogens (tertiary/aromatic N) is 3. The van der Waals surface area contributed by atoms with Crippen molar-refractivity contribution >= 4 is 0 Å². The second-order valence-electron chi connectivity index (χ2n) is 6.42. The molecule has 1 heterocycles. The topological polar surface area (TPSA) is 86.2 Å². The van der Waals surface area contributed by atoms with Gasteiger partial charge in [-0.15, -0.1) is 0 Å². The van der Waals surface area contributed by atoms with Crippen molar-refractivity contribution in [1.29, 1.82) is 0 Å². The Hall–Kier alpha value is -1.99. The van der Waals surface area contributed by atoms with E-state index in [1.54, 1.807) is 16.8 Å². The molecule has 0 aliphatic carbocycles. The lowest BCUT2D eigenvalue weighted by molar-refractivity contribution is 0.253. The van der Waals surface area contributed by atoms with Crippen molar-refractivity contribution < 1.29 is 14.2 Å². The highest BCUT2D eigenvalue weighted by Gasteiger charge is 2.27. The first-order chi connectivity index (χ1) is 10.8. The van der Waals surface area contributed by atoms with Gasteiger partial charge in [-0.25, -0.2) is 14.1 Å². The molecule has 0 amide bonds. The monoisotopic (exact) mass is 322 g/mol.